The number of aryl methyl sites for hydroxylation is 1. The number of carboxylic acids is 1. The summed E-state index contributed by atoms with van der Waals surface area (Å²) in [5.74, 6) is -0.280. The molecule has 6 heteroatoms. The van der Waals surface area contributed by atoms with E-state index < -0.39 is 5.97 Å². The second-order valence-corrected chi connectivity index (χ2v) is 4.80. The van der Waals surface area contributed by atoms with Gasteiger partial charge in [-0.15, -0.1) is 12.4 Å². The first kappa shape index (κ1) is 17.7. The Morgan fingerprint density at radius 2 is 1.91 bits per heavy atom. The van der Waals surface area contributed by atoms with Gasteiger partial charge in [0.25, 0.3) is 0 Å². The predicted molar refractivity (Wildman–Crippen MR) is 86.5 cm³/mol. The number of aliphatic carboxylic acids is 1. The fourth-order valence-electron chi connectivity index (χ4n) is 2.06. The van der Waals surface area contributed by atoms with Crippen LogP contribution in [0, 0.1) is 6.92 Å². The molecule has 2 aromatic rings. The number of hydrogen-bond donors (Lipinski definition) is 2. The summed E-state index contributed by atoms with van der Waals surface area (Å²) in [7, 11) is 0. The van der Waals surface area contributed by atoms with Gasteiger partial charge in [0.05, 0.1) is 0 Å². The number of nitrogens with zero attached hydrogens (tertiary/aromatic N) is 1. The maximum Gasteiger partial charge on any atom is 0.328 e. The van der Waals surface area contributed by atoms with Crippen LogP contribution in [0.5, 0.6) is 0 Å². The van der Waals surface area contributed by atoms with E-state index in [0.29, 0.717) is 12.1 Å². The number of aromatic nitrogens is 2. The van der Waals surface area contributed by atoms with E-state index in [1.165, 1.54) is 13.0 Å². The molecule has 0 fully saturated rings. The minimum atomic E-state index is -0.970. The molecule has 2 N–H and O–H groups in total. The zero-order valence-electron chi connectivity index (χ0n) is 12.3. The van der Waals surface area contributed by atoms with Crippen molar-refractivity contribution in [2.24, 2.45) is 0 Å². The number of nitrogens with one attached hydrogen (secondary N) is 1. The SMILES string of the molecule is CC(=O)c1nc(Cc2ccc(/C=C/C(=O)O)cc2)[nH]c1C.Cl. The van der Waals surface area contributed by atoms with E-state index in [0.717, 1.165) is 28.7 Å². The fourth-order valence-corrected chi connectivity index (χ4v) is 2.06. The number of halogens is 1. The Balaban J connectivity index is 0.00000242. The van der Waals surface area contributed by atoms with E-state index in [-0.39, 0.29) is 18.2 Å². The maximum absolute atomic E-state index is 11.4. The number of carbonyl (C=O) groups excluding carboxylic acids is 1. The van der Waals surface area contributed by atoms with Crippen molar-refractivity contribution < 1.29 is 14.7 Å². The number of aromatic amines is 1. The molecule has 0 unspecified atom stereocenters. The molecule has 0 saturated heterocycles. The average Bonchev–Trinajstić information content (AvgIpc) is 2.79. The molecule has 0 aliphatic carbocycles. The summed E-state index contributed by atoms with van der Waals surface area (Å²) in [5.41, 5.74) is 3.11. The predicted octanol–water partition coefficient (Wildman–Crippen LogP) is 3.03. The molecule has 0 spiro atoms. The van der Waals surface area contributed by atoms with E-state index in [4.69, 9.17) is 5.11 Å². The Morgan fingerprint density at radius 1 is 1.27 bits per heavy atom. The second-order valence-electron chi connectivity index (χ2n) is 4.80. The Bertz CT molecular complexity index is 703. The van der Waals surface area contributed by atoms with Crippen LogP contribution in [0.2, 0.25) is 0 Å². The number of carboxylic acid groups (broad SMARTS) is 1. The topological polar surface area (TPSA) is 83.1 Å². The van der Waals surface area contributed by atoms with Gasteiger partial charge in [-0.1, -0.05) is 24.3 Å². The number of rotatable bonds is 5. The summed E-state index contributed by atoms with van der Waals surface area (Å²) in [4.78, 5) is 29.2. The third-order valence-corrected chi connectivity index (χ3v) is 3.04. The Labute approximate surface area is 134 Å². The van der Waals surface area contributed by atoms with Crippen LogP contribution in [0.3, 0.4) is 0 Å². The summed E-state index contributed by atoms with van der Waals surface area (Å²) in [6.45, 7) is 3.32. The highest BCUT2D eigenvalue weighted by molar-refractivity contribution is 5.93. The molecule has 0 saturated carbocycles. The normalized spacial score (nSPS) is 10.5. The molecule has 22 heavy (non-hydrogen) atoms. The molecule has 5 nitrogen and oxygen atoms in total. The minimum absolute atomic E-state index is 0. The molecule has 2 rings (SSSR count). The van der Waals surface area contributed by atoms with Crippen LogP contribution in [0.15, 0.2) is 30.3 Å². The third kappa shape index (κ3) is 4.56. The highest BCUT2D eigenvalue weighted by Gasteiger charge is 2.10. The summed E-state index contributed by atoms with van der Waals surface area (Å²) < 4.78 is 0. The third-order valence-electron chi connectivity index (χ3n) is 3.04. The van der Waals surface area contributed by atoms with Gasteiger partial charge in [0.1, 0.15) is 11.5 Å². The Hall–Kier alpha value is -2.40. The quantitative estimate of drug-likeness (QED) is 0.655. The van der Waals surface area contributed by atoms with Crippen molar-refractivity contribution in [1.82, 2.24) is 9.97 Å². The number of imidazole rings is 1. The monoisotopic (exact) mass is 320 g/mol. The number of H-pyrrole nitrogens is 1. The van der Waals surface area contributed by atoms with Crippen LogP contribution >= 0.6 is 12.4 Å². The van der Waals surface area contributed by atoms with Crippen molar-refractivity contribution >= 4 is 30.2 Å². The van der Waals surface area contributed by atoms with Crippen LogP contribution in [0.1, 0.15) is 40.1 Å². The van der Waals surface area contributed by atoms with Gasteiger partial charge in [-0.25, -0.2) is 9.78 Å². The van der Waals surface area contributed by atoms with Crippen LogP contribution < -0.4 is 0 Å². The van der Waals surface area contributed by atoms with Crippen molar-refractivity contribution in [2.45, 2.75) is 20.3 Å². The maximum atomic E-state index is 11.4. The molecular weight excluding hydrogens is 304 g/mol. The first-order valence-corrected chi connectivity index (χ1v) is 6.52. The number of carbonyl (C=O) groups is 2. The first-order valence-electron chi connectivity index (χ1n) is 6.52. The largest absolute Gasteiger partial charge is 0.478 e. The zero-order valence-corrected chi connectivity index (χ0v) is 13.1. The van der Waals surface area contributed by atoms with Crippen LogP contribution in [0.25, 0.3) is 6.08 Å². The molecule has 0 amide bonds. The van der Waals surface area contributed by atoms with E-state index in [9.17, 15) is 9.59 Å². The summed E-state index contributed by atoms with van der Waals surface area (Å²) >= 11 is 0. The van der Waals surface area contributed by atoms with Crippen molar-refractivity contribution in [1.29, 1.82) is 0 Å². The highest BCUT2D eigenvalue weighted by Crippen LogP contribution is 2.12. The van der Waals surface area contributed by atoms with Gasteiger partial charge < -0.3 is 10.1 Å². The molecule has 1 heterocycles. The van der Waals surface area contributed by atoms with Crippen LogP contribution in [-0.2, 0) is 11.2 Å². The van der Waals surface area contributed by atoms with Crippen LogP contribution in [-0.4, -0.2) is 26.8 Å². The summed E-state index contributed by atoms with van der Waals surface area (Å²) in [6, 6.07) is 7.51. The van der Waals surface area contributed by atoms with E-state index in [2.05, 4.69) is 9.97 Å². The van der Waals surface area contributed by atoms with E-state index in [1.54, 1.807) is 0 Å². The molecule has 0 bridgehead atoms. The lowest BCUT2D eigenvalue weighted by molar-refractivity contribution is -0.131. The Morgan fingerprint density at radius 3 is 2.41 bits per heavy atom. The van der Waals surface area contributed by atoms with Gasteiger partial charge in [-0.2, -0.15) is 0 Å². The zero-order chi connectivity index (χ0) is 15.4. The van der Waals surface area contributed by atoms with Gasteiger partial charge in [-0.05, 0) is 24.1 Å². The molecule has 0 atom stereocenters. The summed E-state index contributed by atoms with van der Waals surface area (Å²) in [6.07, 6.45) is 3.23. The van der Waals surface area contributed by atoms with Gasteiger partial charge in [0.15, 0.2) is 5.78 Å². The molecule has 0 aliphatic heterocycles. The number of ketones is 1. The molecule has 1 aromatic heterocycles. The average molecular weight is 321 g/mol. The lowest BCUT2D eigenvalue weighted by atomic mass is 10.1. The van der Waals surface area contributed by atoms with E-state index in [1.807, 2.05) is 31.2 Å². The number of hydrogen-bond acceptors (Lipinski definition) is 3. The number of benzene rings is 1. The van der Waals surface area contributed by atoms with E-state index >= 15 is 0 Å². The first-order chi connectivity index (χ1) is 9.95. The molecular formula is C16H17ClN2O3. The smallest absolute Gasteiger partial charge is 0.328 e. The van der Waals surface area contributed by atoms with Gasteiger partial charge in [-0.3, -0.25) is 4.79 Å². The standard InChI is InChI=1S/C16H16N2O3.ClH/c1-10-16(11(2)19)18-14(17-10)9-13-5-3-12(4-6-13)7-8-15(20)21;/h3-8H,9H2,1-2H3,(H,17,18)(H,20,21);1H/b8-7+;. The van der Waals surface area contributed by atoms with Crippen LogP contribution in [0.4, 0.5) is 0 Å². The van der Waals surface area contributed by atoms with Crippen molar-refractivity contribution in [3.63, 3.8) is 0 Å². The van der Waals surface area contributed by atoms with Crippen molar-refractivity contribution in [3.8, 4) is 0 Å². The van der Waals surface area contributed by atoms with Gasteiger partial charge >= 0.3 is 5.97 Å². The highest BCUT2D eigenvalue weighted by atomic mass is 35.5. The minimum Gasteiger partial charge on any atom is -0.478 e. The Kier molecular flexibility index (Phi) is 6.07. The number of Topliss-reactive ketones (excluding diaryl/α,β-unsaturated/α-hetero) is 1. The fraction of sp³-hybridized carbons (Fsp3) is 0.188. The van der Waals surface area contributed by atoms with Crippen molar-refractivity contribution in [3.05, 3.63) is 58.7 Å². The summed E-state index contributed by atoms with van der Waals surface area (Å²) in [5, 5.41) is 8.57. The lowest BCUT2D eigenvalue weighted by Gasteiger charge is -1.99. The second kappa shape index (κ2) is 7.56. The molecule has 0 aliphatic rings. The molecule has 0 radical (unpaired) electrons. The molecule has 116 valence electrons. The van der Waals surface area contributed by atoms with Crippen molar-refractivity contribution in [2.75, 3.05) is 0 Å². The lowest BCUT2D eigenvalue weighted by Crippen LogP contribution is -1.95. The van der Waals surface area contributed by atoms with Gasteiger partial charge in [0, 0.05) is 25.1 Å². The molecule has 1 aromatic carbocycles. The van der Waals surface area contributed by atoms with Gasteiger partial charge in [0.2, 0.25) is 0 Å².